The van der Waals surface area contributed by atoms with Crippen molar-refractivity contribution < 1.29 is 24.2 Å². The van der Waals surface area contributed by atoms with Crippen LogP contribution in [0.15, 0.2) is 54.6 Å². The van der Waals surface area contributed by atoms with E-state index in [9.17, 15) is 14.7 Å². The molecule has 2 N–H and O–H groups in total. The van der Waals surface area contributed by atoms with Crippen molar-refractivity contribution in [1.82, 2.24) is 5.32 Å². The second-order valence-electron chi connectivity index (χ2n) is 6.49. The third kappa shape index (κ3) is 6.70. The molecular weight excluding hydrogens is 358 g/mol. The van der Waals surface area contributed by atoms with Gasteiger partial charge in [-0.1, -0.05) is 42.5 Å². The van der Waals surface area contributed by atoms with Crippen molar-refractivity contribution in [3.05, 3.63) is 65.7 Å². The highest BCUT2D eigenvalue weighted by atomic mass is 16.5. The summed E-state index contributed by atoms with van der Waals surface area (Å²) < 4.78 is 10.8. The summed E-state index contributed by atoms with van der Waals surface area (Å²) in [5, 5.41) is 12.3. The van der Waals surface area contributed by atoms with Gasteiger partial charge in [-0.05, 0) is 43.5 Å². The van der Waals surface area contributed by atoms with Crippen LogP contribution < -0.4 is 10.1 Å². The van der Waals surface area contributed by atoms with Gasteiger partial charge >= 0.3 is 5.97 Å². The van der Waals surface area contributed by atoms with E-state index < -0.39 is 17.8 Å². The van der Waals surface area contributed by atoms with Gasteiger partial charge in [0.2, 0.25) is 5.91 Å². The first-order valence-corrected chi connectivity index (χ1v) is 9.39. The first-order chi connectivity index (χ1) is 13.5. The van der Waals surface area contributed by atoms with Gasteiger partial charge in [-0.3, -0.25) is 9.59 Å². The molecule has 0 fully saturated rings. The number of carbonyl (C=O) groups is 2. The third-order valence-corrected chi connectivity index (χ3v) is 4.20. The smallest absolute Gasteiger partial charge is 0.320 e. The Bertz CT molecular complexity index is 745. The van der Waals surface area contributed by atoms with Crippen LogP contribution >= 0.6 is 0 Å². The molecule has 0 heterocycles. The summed E-state index contributed by atoms with van der Waals surface area (Å²) in [6, 6.07) is 15.9. The lowest BCUT2D eigenvalue weighted by Gasteiger charge is -2.18. The average molecular weight is 385 g/mol. The Balaban J connectivity index is 1.89. The van der Waals surface area contributed by atoms with Crippen molar-refractivity contribution in [2.24, 2.45) is 0 Å². The fraction of sp³-hybridized carbons (Fsp3) is 0.364. The Kier molecular flexibility index (Phi) is 8.49. The summed E-state index contributed by atoms with van der Waals surface area (Å²) in [6.45, 7) is 5.50. The predicted molar refractivity (Wildman–Crippen MR) is 107 cm³/mol. The zero-order chi connectivity index (χ0) is 20.4. The van der Waals surface area contributed by atoms with Gasteiger partial charge < -0.3 is 19.9 Å². The molecule has 2 atom stereocenters. The van der Waals surface area contributed by atoms with E-state index in [1.165, 1.54) is 0 Å². The maximum absolute atomic E-state index is 12.5. The van der Waals surface area contributed by atoms with Crippen molar-refractivity contribution in [1.29, 1.82) is 0 Å². The lowest BCUT2D eigenvalue weighted by molar-refractivity contribution is -0.143. The van der Waals surface area contributed by atoms with Crippen molar-refractivity contribution >= 4 is 11.9 Å². The Labute approximate surface area is 165 Å². The van der Waals surface area contributed by atoms with E-state index in [1.807, 2.05) is 38.1 Å². The standard InChI is InChI=1S/C22H27NO5/c1-3-27-13-14-28-19-11-9-17(10-12-19)15-16(2)23-21(24)20(22(25)26)18-7-5-4-6-8-18/h4-12,16,20H,3,13-15H2,1-2H3,(H,23,24)(H,25,26)/t16-,20?/m1/s1. The molecule has 0 aromatic heterocycles. The van der Waals surface area contributed by atoms with E-state index in [0.29, 0.717) is 31.8 Å². The van der Waals surface area contributed by atoms with Gasteiger partial charge in [-0.15, -0.1) is 0 Å². The fourth-order valence-electron chi connectivity index (χ4n) is 2.87. The van der Waals surface area contributed by atoms with Crippen molar-refractivity contribution in [3.8, 4) is 5.75 Å². The van der Waals surface area contributed by atoms with Gasteiger partial charge in [0, 0.05) is 12.6 Å². The summed E-state index contributed by atoms with van der Waals surface area (Å²) in [7, 11) is 0. The number of rotatable bonds is 11. The minimum Gasteiger partial charge on any atom is -0.491 e. The molecule has 2 aromatic carbocycles. The number of nitrogens with one attached hydrogen (secondary N) is 1. The van der Waals surface area contributed by atoms with Crippen molar-refractivity contribution in [3.63, 3.8) is 0 Å². The number of hydrogen-bond donors (Lipinski definition) is 2. The van der Waals surface area contributed by atoms with Crippen LogP contribution in [0.2, 0.25) is 0 Å². The Morgan fingerprint density at radius 2 is 1.71 bits per heavy atom. The molecule has 1 amide bonds. The maximum atomic E-state index is 12.5. The van der Waals surface area contributed by atoms with Gasteiger partial charge in [0.05, 0.1) is 6.61 Å². The van der Waals surface area contributed by atoms with Crippen molar-refractivity contribution in [2.45, 2.75) is 32.2 Å². The number of carbonyl (C=O) groups excluding carboxylic acids is 1. The number of hydrogen-bond acceptors (Lipinski definition) is 4. The summed E-state index contributed by atoms with van der Waals surface area (Å²) in [5.41, 5.74) is 1.49. The van der Waals surface area contributed by atoms with Crippen LogP contribution in [-0.2, 0) is 20.7 Å². The van der Waals surface area contributed by atoms with E-state index in [1.54, 1.807) is 30.3 Å². The van der Waals surface area contributed by atoms with Gasteiger partial charge in [0.15, 0.2) is 5.92 Å². The van der Waals surface area contributed by atoms with Crippen molar-refractivity contribution in [2.75, 3.05) is 19.8 Å². The van der Waals surface area contributed by atoms with Crippen LogP contribution in [0.1, 0.15) is 30.9 Å². The monoisotopic (exact) mass is 385 g/mol. The third-order valence-electron chi connectivity index (χ3n) is 4.20. The summed E-state index contributed by atoms with van der Waals surface area (Å²) in [5.74, 6) is -2.13. The number of carboxylic acid groups (broad SMARTS) is 1. The minimum atomic E-state index is -1.22. The molecule has 6 heteroatoms. The van der Waals surface area contributed by atoms with Gasteiger partial charge in [-0.25, -0.2) is 0 Å². The highest BCUT2D eigenvalue weighted by Gasteiger charge is 2.28. The Hall–Kier alpha value is -2.86. The molecule has 1 unspecified atom stereocenters. The van der Waals surface area contributed by atoms with E-state index in [4.69, 9.17) is 9.47 Å². The second kappa shape index (κ2) is 11.1. The van der Waals surface area contributed by atoms with Gasteiger partial charge in [0.1, 0.15) is 12.4 Å². The quantitative estimate of drug-likeness (QED) is 0.459. The summed E-state index contributed by atoms with van der Waals surface area (Å²) >= 11 is 0. The van der Waals surface area contributed by atoms with Crippen LogP contribution in [0.25, 0.3) is 0 Å². The molecule has 150 valence electrons. The topological polar surface area (TPSA) is 84.9 Å². The molecule has 0 saturated heterocycles. The van der Waals surface area contributed by atoms with E-state index in [2.05, 4.69) is 5.32 Å². The van der Waals surface area contributed by atoms with Crippen LogP contribution in [0.4, 0.5) is 0 Å². The number of benzene rings is 2. The molecular formula is C22H27NO5. The molecule has 0 aliphatic carbocycles. The number of amides is 1. The lowest BCUT2D eigenvalue weighted by Crippen LogP contribution is -2.40. The van der Waals surface area contributed by atoms with E-state index in [0.717, 1.165) is 11.3 Å². The number of carboxylic acids is 1. The first kappa shape index (κ1) is 21.4. The zero-order valence-corrected chi connectivity index (χ0v) is 16.3. The minimum absolute atomic E-state index is 0.206. The molecule has 28 heavy (non-hydrogen) atoms. The maximum Gasteiger partial charge on any atom is 0.320 e. The largest absolute Gasteiger partial charge is 0.491 e. The lowest BCUT2D eigenvalue weighted by atomic mass is 9.97. The van der Waals surface area contributed by atoms with Crippen LogP contribution in [0, 0.1) is 0 Å². The molecule has 0 radical (unpaired) electrons. The molecule has 0 bridgehead atoms. The molecule has 2 aromatic rings. The predicted octanol–water partition coefficient (Wildman–Crippen LogP) is 3.02. The van der Waals surface area contributed by atoms with E-state index >= 15 is 0 Å². The SMILES string of the molecule is CCOCCOc1ccc(C[C@@H](C)NC(=O)C(C(=O)O)c2ccccc2)cc1. The van der Waals surface area contributed by atoms with Crippen LogP contribution in [0.3, 0.4) is 0 Å². The Morgan fingerprint density at radius 1 is 1.04 bits per heavy atom. The zero-order valence-electron chi connectivity index (χ0n) is 16.3. The van der Waals surface area contributed by atoms with Gasteiger partial charge in [-0.2, -0.15) is 0 Å². The van der Waals surface area contributed by atoms with Gasteiger partial charge in [0.25, 0.3) is 0 Å². The summed E-state index contributed by atoms with van der Waals surface area (Å²) in [4.78, 5) is 24.0. The van der Waals surface area contributed by atoms with Crippen LogP contribution in [-0.4, -0.2) is 42.8 Å². The molecule has 2 rings (SSSR count). The number of aliphatic carboxylic acids is 1. The Morgan fingerprint density at radius 3 is 2.32 bits per heavy atom. The van der Waals surface area contributed by atoms with E-state index in [-0.39, 0.29) is 6.04 Å². The molecule has 0 aliphatic rings. The average Bonchev–Trinajstić information content (AvgIpc) is 2.67. The molecule has 6 nitrogen and oxygen atoms in total. The normalized spacial score (nSPS) is 12.8. The first-order valence-electron chi connectivity index (χ1n) is 9.39. The second-order valence-corrected chi connectivity index (χ2v) is 6.49. The fourth-order valence-corrected chi connectivity index (χ4v) is 2.87. The molecule has 0 saturated carbocycles. The molecule has 0 spiro atoms. The molecule has 0 aliphatic heterocycles. The highest BCUT2D eigenvalue weighted by molar-refractivity contribution is 6.02. The number of ether oxygens (including phenoxy) is 2. The highest BCUT2D eigenvalue weighted by Crippen LogP contribution is 2.17. The summed E-state index contributed by atoms with van der Waals surface area (Å²) in [6.07, 6.45) is 0.589. The van der Waals surface area contributed by atoms with Crippen LogP contribution in [0.5, 0.6) is 5.75 Å².